The van der Waals surface area contributed by atoms with E-state index in [1.165, 1.54) is 16.2 Å². The third kappa shape index (κ3) is 7.92. The van der Waals surface area contributed by atoms with Crippen LogP contribution in [0, 0.1) is 0 Å². The fourth-order valence-electron chi connectivity index (χ4n) is 2.63. The molecule has 0 unspecified atom stereocenters. The molecular formula is C21H28N4O4S. The largest absolute Gasteiger partial charge is 0.383 e. The molecule has 1 aromatic carbocycles. The minimum absolute atomic E-state index is 0.0918. The van der Waals surface area contributed by atoms with Gasteiger partial charge in [-0.25, -0.2) is 4.98 Å². The quantitative estimate of drug-likeness (QED) is 0.502. The number of methoxy groups -OCH3 is 1. The summed E-state index contributed by atoms with van der Waals surface area (Å²) >= 11 is 1.25. The molecular weight excluding hydrogens is 404 g/mol. The number of nitrogens with zero attached hydrogens (tertiary/aromatic N) is 2. The molecule has 1 heterocycles. The van der Waals surface area contributed by atoms with Gasteiger partial charge in [-0.3, -0.25) is 14.4 Å². The molecule has 0 aliphatic rings. The lowest BCUT2D eigenvalue weighted by Crippen LogP contribution is -2.40. The molecule has 0 atom stereocenters. The van der Waals surface area contributed by atoms with Gasteiger partial charge in [-0.15, -0.1) is 11.3 Å². The van der Waals surface area contributed by atoms with Crippen LogP contribution in [0.3, 0.4) is 0 Å². The van der Waals surface area contributed by atoms with Gasteiger partial charge in [-0.05, 0) is 18.6 Å². The number of anilines is 1. The number of thiazole rings is 1. The van der Waals surface area contributed by atoms with E-state index in [0.29, 0.717) is 36.1 Å². The Kier molecular flexibility index (Phi) is 9.96. The molecule has 9 heteroatoms. The third-order valence-electron chi connectivity index (χ3n) is 4.20. The fraction of sp³-hybridized carbons (Fsp3) is 0.429. The number of amides is 3. The van der Waals surface area contributed by atoms with Crippen LogP contribution in [0.2, 0.25) is 0 Å². The highest BCUT2D eigenvalue weighted by atomic mass is 32.1. The zero-order valence-corrected chi connectivity index (χ0v) is 18.2. The minimum Gasteiger partial charge on any atom is -0.383 e. The Hall–Kier alpha value is -2.78. The van der Waals surface area contributed by atoms with Gasteiger partial charge < -0.3 is 20.3 Å². The summed E-state index contributed by atoms with van der Waals surface area (Å²) in [6.45, 7) is 3.20. The average Bonchev–Trinajstić information content (AvgIpc) is 3.17. The number of carbonyl (C=O) groups excluding carboxylic acids is 3. The number of hydrogen-bond donors (Lipinski definition) is 2. The Morgan fingerprint density at radius 1 is 1.17 bits per heavy atom. The van der Waals surface area contributed by atoms with Gasteiger partial charge in [-0.1, -0.05) is 31.5 Å². The summed E-state index contributed by atoms with van der Waals surface area (Å²) in [6.07, 6.45) is 2.12. The molecule has 0 aliphatic carbocycles. The first kappa shape index (κ1) is 23.5. The van der Waals surface area contributed by atoms with Crippen LogP contribution in [0.15, 0.2) is 35.7 Å². The number of aromatic nitrogens is 1. The number of ether oxygens (including phenoxy) is 1. The summed E-state index contributed by atoms with van der Waals surface area (Å²) in [5.74, 6) is -0.694. The Balaban J connectivity index is 1.91. The van der Waals surface area contributed by atoms with Crippen LogP contribution >= 0.6 is 11.3 Å². The SMILES string of the molecule is CCCCNC(=O)Cc1csc(NC(=O)CN(CCOC)C(=O)c2ccccc2)n1. The molecule has 1 aromatic heterocycles. The predicted octanol–water partition coefficient (Wildman–Crippen LogP) is 2.33. The summed E-state index contributed by atoms with van der Waals surface area (Å²) in [6, 6.07) is 8.79. The van der Waals surface area contributed by atoms with E-state index >= 15 is 0 Å². The highest BCUT2D eigenvalue weighted by molar-refractivity contribution is 7.13. The van der Waals surface area contributed by atoms with E-state index in [4.69, 9.17) is 4.74 Å². The van der Waals surface area contributed by atoms with Crippen LogP contribution in [0.5, 0.6) is 0 Å². The molecule has 30 heavy (non-hydrogen) atoms. The maximum absolute atomic E-state index is 12.7. The highest BCUT2D eigenvalue weighted by Crippen LogP contribution is 2.16. The monoisotopic (exact) mass is 432 g/mol. The van der Waals surface area contributed by atoms with Crippen molar-refractivity contribution in [3.63, 3.8) is 0 Å². The predicted molar refractivity (Wildman–Crippen MR) is 117 cm³/mol. The summed E-state index contributed by atoms with van der Waals surface area (Å²) in [7, 11) is 1.54. The van der Waals surface area contributed by atoms with Crippen molar-refractivity contribution in [1.82, 2.24) is 15.2 Å². The normalized spacial score (nSPS) is 10.5. The van der Waals surface area contributed by atoms with Gasteiger partial charge in [0.25, 0.3) is 5.91 Å². The van der Waals surface area contributed by atoms with E-state index in [1.807, 2.05) is 6.07 Å². The Morgan fingerprint density at radius 3 is 2.63 bits per heavy atom. The van der Waals surface area contributed by atoms with Crippen LogP contribution in [-0.2, 0) is 20.7 Å². The summed E-state index contributed by atoms with van der Waals surface area (Å²) < 4.78 is 5.06. The molecule has 0 spiro atoms. The lowest BCUT2D eigenvalue weighted by atomic mass is 10.2. The second-order valence-corrected chi connectivity index (χ2v) is 7.52. The Labute approximate surface area is 180 Å². The third-order valence-corrected chi connectivity index (χ3v) is 5.01. The summed E-state index contributed by atoms with van der Waals surface area (Å²) in [5.41, 5.74) is 1.10. The first-order valence-electron chi connectivity index (χ1n) is 9.87. The summed E-state index contributed by atoms with van der Waals surface area (Å²) in [5, 5.41) is 7.68. The molecule has 162 valence electrons. The lowest BCUT2D eigenvalue weighted by molar-refractivity contribution is -0.120. The van der Waals surface area contributed by atoms with Gasteiger partial charge >= 0.3 is 0 Å². The first-order valence-corrected chi connectivity index (χ1v) is 10.8. The van der Waals surface area contributed by atoms with Gasteiger partial charge in [0.05, 0.1) is 18.7 Å². The molecule has 8 nitrogen and oxygen atoms in total. The van der Waals surface area contributed by atoms with Gasteiger partial charge in [0.15, 0.2) is 5.13 Å². The van der Waals surface area contributed by atoms with Gasteiger partial charge in [0.1, 0.15) is 6.54 Å². The van der Waals surface area contributed by atoms with E-state index in [2.05, 4.69) is 22.5 Å². The van der Waals surface area contributed by atoms with Crippen LogP contribution in [-0.4, -0.2) is 61.0 Å². The Bertz CT molecular complexity index is 825. The molecule has 2 rings (SSSR count). The van der Waals surface area contributed by atoms with Crippen molar-refractivity contribution in [2.24, 2.45) is 0 Å². The molecule has 0 bridgehead atoms. The van der Waals surface area contributed by atoms with Crippen molar-refractivity contribution >= 4 is 34.2 Å². The summed E-state index contributed by atoms with van der Waals surface area (Å²) in [4.78, 5) is 42.8. The van der Waals surface area contributed by atoms with Crippen molar-refractivity contribution in [2.45, 2.75) is 26.2 Å². The van der Waals surface area contributed by atoms with E-state index in [9.17, 15) is 14.4 Å². The van der Waals surface area contributed by atoms with Crippen LogP contribution in [0.4, 0.5) is 5.13 Å². The van der Waals surface area contributed by atoms with Crippen molar-refractivity contribution in [3.05, 3.63) is 47.0 Å². The zero-order valence-electron chi connectivity index (χ0n) is 17.3. The van der Waals surface area contributed by atoms with E-state index in [0.717, 1.165) is 12.8 Å². The number of hydrogen-bond acceptors (Lipinski definition) is 6. The first-order chi connectivity index (χ1) is 14.5. The van der Waals surface area contributed by atoms with Crippen LogP contribution < -0.4 is 10.6 Å². The standard InChI is InChI=1S/C21H28N4O4S/c1-3-4-10-22-18(26)13-17-15-30-21(23-17)24-19(27)14-25(11-12-29-2)20(28)16-8-6-5-7-9-16/h5-9,15H,3-4,10-14H2,1-2H3,(H,22,26)(H,23,24,27). The zero-order chi connectivity index (χ0) is 21.8. The fourth-order valence-corrected chi connectivity index (χ4v) is 3.35. The molecule has 3 amide bonds. The van der Waals surface area contributed by atoms with Crippen molar-refractivity contribution in [1.29, 1.82) is 0 Å². The topological polar surface area (TPSA) is 101 Å². The smallest absolute Gasteiger partial charge is 0.254 e. The maximum atomic E-state index is 12.7. The molecule has 2 aromatic rings. The van der Waals surface area contributed by atoms with E-state index < -0.39 is 0 Å². The Morgan fingerprint density at radius 2 is 1.93 bits per heavy atom. The lowest BCUT2D eigenvalue weighted by Gasteiger charge is -2.21. The minimum atomic E-state index is -0.358. The van der Waals surface area contributed by atoms with E-state index in [1.54, 1.807) is 36.8 Å². The molecule has 0 fully saturated rings. The molecule has 0 saturated heterocycles. The second-order valence-electron chi connectivity index (χ2n) is 6.66. The average molecular weight is 433 g/mol. The van der Waals surface area contributed by atoms with Crippen LogP contribution in [0.1, 0.15) is 35.8 Å². The van der Waals surface area contributed by atoms with Crippen molar-refractivity contribution in [2.75, 3.05) is 38.7 Å². The van der Waals surface area contributed by atoms with Gasteiger partial charge in [0, 0.05) is 31.1 Å². The van der Waals surface area contributed by atoms with Crippen molar-refractivity contribution in [3.8, 4) is 0 Å². The maximum Gasteiger partial charge on any atom is 0.254 e. The number of rotatable bonds is 12. The molecule has 0 radical (unpaired) electrons. The second kappa shape index (κ2) is 12.7. The number of carbonyl (C=O) groups is 3. The van der Waals surface area contributed by atoms with Gasteiger partial charge in [-0.2, -0.15) is 0 Å². The number of benzene rings is 1. The van der Waals surface area contributed by atoms with Crippen molar-refractivity contribution < 1.29 is 19.1 Å². The molecule has 0 aliphatic heterocycles. The van der Waals surface area contributed by atoms with E-state index in [-0.39, 0.29) is 30.7 Å². The molecule has 2 N–H and O–H groups in total. The molecule has 0 saturated carbocycles. The van der Waals surface area contributed by atoms with Crippen LogP contribution in [0.25, 0.3) is 0 Å². The number of nitrogens with one attached hydrogen (secondary N) is 2. The number of unbranched alkanes of at least 4 members (excludes halogenated alkanes) is 1. The van der Waals surface area contributed by atoms with Gasteiger partial charge in [0.2, 0.25) is 11.8 Å². The highest BCUT2D eigenvalue weighted by Gasteiger charge is 2.19.